The first-order chi connectivity index (χ1) is 13.1. The van der Waals surface area contributed by atoms with E-state index in [1.807, 2.05) is 60.7 Å². The van der Waals surface area contributed by atoms with E-state index >= 15 is 0 Å². The second kappa shape index (κ2) is 8.65. The minimum Gasteiger partial charge on any atom is -0.465 e. The minimum absolute atomic E-state index is 0.377. The van der Waals surface area contributed by atoms with Crippen molar-refractivity contribution in [3.8, 4) is 0 Å². The lowest BCUT2D eigenvalue weighted by Crippen LogP contribution is -2.29. The normalized spacial score (nSPS) is 13.0. The molecule has 0 heterocycles. The smallest absolute Gasteiger partial charge is 0.337 e. The van der Waals surface area contributed by atoms with Crippen molar-refractivity contribution in [3.63, 3.8) is 0 Å². The Morgan fingerprint density at radius 3 is 1.96 bits per heavy atom. The number of aryl methyl sites for hydroxylation is 1. The lowest BCUT2D eigenvalue weighted by atomic mass is 9.82. The quantitative estimate of drug-likeness (QED) is 0.630. The van der Waals surface area contributed by atoms with Gasteiger partial charge >= 0.3 is 5.97 Å². The molecule has 0 aliphatic rings. The maximum atomic E-state index is 11.7. The number of hydrogen-bond acceptors (Lipinski definition) is 3. The summed E-state index contributed by atoms with van der Waals surface area (Å²) in [5, 5.41) is 11.6. The van der Waals surface area contributed by atoms with Crippen molar-refractivity contribution in [2.75, 3.05) is 7.11 Å². The molecule has 138 valence electrons. The molecule has 0 saturated heterocycles. The highest BCUT2D eigenvalue weighted by Crippen LogP contribution is 2.31. The summed E-state index contributed by atoms with van der Waals surface area (Å²) in [4.78, 5) is 11.7. The van der Waals surface area contributed by atoms with Crippen LogP contribution in [0.1, 0.15) is 33.5 Å². The van der Waals surface area contributed by atoms with Gasteiger partial charge in [0.15, 0.2) is 0 Å². The first-order valence-corrected chi connectivity index (χ1v) is 9.10. The van der Waals surface area contributed by atoms with Crippen LogP contribution in [0, 0.1) is 0 Å². The summed E-state index contributed by atoms with van der Waals surface area (Å²) in [5.41, 5.74) is 2.52. The van der Waals surface area contributed by atoms with Crippen molar-refractivity contribution in [1.29, 1.82) is 0 Å². The maximum Gasteiger partial charge on any atom is 0.337 e. The summed E-state index contributed by atoms with van der Waals surface area (Å²) < 4.78 is 4.76. The van der Waals surface area contributed by atoms with Crippen LogP contribution in [0.2, 0.25) is 0 Å². The minimum atomic E-state index is -1.02. The zero-order valence-corrected chi connectivity index (χ0v) is 15.5. The fourth-order valence-electron chi connectivity index (χ4n) is 3.30. The lowest BCUT2D eigenvalue weighted by molar-refractivity contribution is 0.0278. The van der Waals surface area contributed by atoms with Gasteiger partial charge in [0.2, 0.25) is 0 Å². The Labute approximate surface area is 160 Å². The summed E-state index contributed by atoms with van der Waals surface area (Å²) in [6.07, 6.45) is 1.87. The maximum absolute atomic E-state index is 11.7. The summed E-state index contributed by atoms with van der Waals surface area (Å²) in [7, 11) is 1.36. The number of carbonyl (C=O) groups excluding carboxylic acids is 1. The Morgan fingerprint density at radius 2 is 1.41 bits per heavy atom. The van der Waals surface area contributed by atoms with Crippen LogP contribution >= 0.6 is 0 Å². The standard InChI is InChI=1S/C24H24O3/c1-27-23(25)21-12-14-22(15-13-21)24(26,18-20-10-6-3-7-11-20)17-16-19-8-4-2-5-9-19/h2-15,26H,16-18H2,1H3. The van der Waals surface area contributed by atoms with Crippen LogP contribution in [-0.2, 0) is 23.2 Å². The predicted octanol–water partition coefficient (Wildman–Crippen LogP) is 4.54. The third-order valence-electron chi connectivity index (χ3n) is 4.85. The molecule has 1 N–H and O–H groups in total. The van der Waals surface area contributed by atoms with E-state index in [0.717, 1.165) is 17.5 Å². The van der Waals surface area contributed by atoms with Gasteiger partial charge in [0.25, 0.3) is 0 Å². The zero-order valence-electron chi connectivity index (χ0n) is 15.5. The van der Waals surface area contributed by atoms with Crippen molar-refractivity contribution in [2.24, 2.45) is 0 Å². The number of ether oxygens (including phenoxy) is 1. The largest absolute Gasteiger partial charge is 0.465 e. The highest BCUT2D eigenvalue weighted by Gasteiger charge is 2.29. The van der Waals surface area contributed by atoms with Crippen LogP contribution in [0.25, 0.3) is 0 Å². The van der Waals surface area contributed by atoms with Crippen LogP contribution in [-0.4, -0.2) is 18.2 Å². The summed E-state index contributed by atoms with van der Waals surface area (Å²) in [5.74, 6) is -0.377. The molecule has 0 aromatic heterocycles. The molecule has 1 atom stereocenters. The van der Waals surface area contributed by atoms with Crippen LogP contribution in [0.4, 0.5) is 0 Å². The van der Waals surface area contributed by atoms with Crippen molar-refractivity contribution in [3.05, 3.63) is 107 Å². The van der Waals surface area contributed by atoms with Gasteiger partial charge in [-0.25, -0.2) is 4.79 Å². The third-order valence-corrected chi connectivity index (χ3v) is 4.85. The first-order valence-electron chi connectivity index (χ1n) is 9.10. The molecule has 3 rings (SSSR count). The van der Waals surface area contributed by atoms with E-state index in [1.165, 1.54) is 12.7 Å². The van der Waals surface area contributed by atoms with E-state index in [2.05, 4.69) is 12.1 Å². The molecule has 0 amide bonds. The molecule has 1 unspecified atom stereocenters. The Bertz CT molecular complexity index is 857. The van der Waals surface area contributed by atoms with E-state index in [0.29, 0.717) is 18.4 Å². The van der Waals surface area contributed by atoms with E-state index in [1.54, 1.807) is 12.1 Å². The Hall–Kier alpha value is -2.91. The van der Waals surface area contributed by atoms with Gasteiger partial charge in [-0.3, -0.25) is 0 Å². The van der Waals surface area contributed by atoms with Gasteiger partial charge in [-0.2, -0.15) is 0 Å². The van der Waals surface area contributed by atoms with Crippen LogP contribution < -0.4 is 0 Å². The molecule has 0 aliphatic carbocycles. The molecule has 3 aromatic rings. The number of aliphatic hydroxyl groups is 1. The molecule has 0 bridgehead atoms. The molecular formula is C24H24O3. The van der Waals surface area contributed by atoms with E-state index in [-0.39, 0.29) is 5.97 Å². The van der Waals surface area contributed by atoms with Crippen molar-refractivity contribution in [2.45, 2.75) is 24.9 Å². The summed E-state index contributed by atoms with van der Waals surface area (Å²) >= 11 is 0. The fourth-order valence-corrected chi connectivity index (χ4v) is 3.30. The van der Waals surface area contributed by atoms with Crippen molar-refractivity contribution in [1.82, 2.24) is 0 Å². The Balaban J connectivity index is 1.87. The van der Waals surface area contributed by atoms with Gasteiger partial charge in [-0.05, 0) is 41.7 Å². The van der Waals surface area contributed by atoms with Gasteiger partial charge < -0.3 is 9.84 Å². The molecular weight excluding hydrogens is 336 g/mol. The SMILES string of the molecule is COC(=O)c1ccc(C(O)(CCc2ccccc2)Cc2ccccc2)cc1. The monoisotopic (exact) mass is 360 g/mol. The molecule has 0 radical (unpaired) electrons. The van der Waals surface area contributed by atoms with Crippen LogP contribution in [0.15, 0.2) is 84.9 Å². The molecule has 3 heteroatoms. The molecule has 0 fully saturated rings. The fraction of sp³-hybridized carbons (Fsp3) is 0.208. The summed E-state index contributed by atoms with van der Waals surface area (Å²) in [6.45, 7) is 0. The molecule has 0 spiro atoms. The number of esters is 1. The number of benzene rings is 3. The second-order valence-corrected chi connectivity index (χ2v) is 6.75. The number of rotatable bonds is 7. The number of carbonyl (C=O) groups is 1. The Morgan fingerprint density at radius 1 is 0.852 bits per heavy atom. The van der Waals surface area contributed by atoms with Crippen molar-refractivity contribution >= 4 is 5.97 Å². The van der Waals surface area contributed by atoms with Gasteiger partial charge in [0, 0.05) is 6.42 Å². The molecule has 0 saturated carbocycles. The van der Waals surface area contributed by atoms with E-state index in [9.17, 15) is 9.90 Å². The van der Waals surface area contributed by atoms with E-state index in [4.69, 9.17) is 4.74 Å². The lowest BCUT2D eigenvalue weighted by Gasteiger charge is -2.29. The predicted molar refractivity (Wildman–Crippen MR) is 107 cm³/mol. The number of methoxy groups -OCH3 is 1. The van der Waals surface area contributed by atoms with Crippen LogP contribution in [0.5, 0.6) is 0 Å². The topological polar surface area (TPSA) is 46.5 Å². The van der Waals surface area contributed by atoms with Crippen LogP contribution in [0.3, 0.4) is 0 Å². The molecule has 0 aliphatic heterocycles. The number of hydrogen-bond donors (Lipinski definition) is 1. The molecule has 3 nitrogen and oxygen atoms in total. The van der Waals surface area contributed by atoms with Gasteiger partial charge in [-0.1, -0.05) is 72.8 Å². The van der Waals surface area contributed by atoms with Gasteiger partial charge in [-0.15, -0.1) is 0 Å². The average molecular weight is 360 g/mol. The second-order valence-electron chi connectivity index (χ2n) is 6.75. The average Bonchev–Trinajstić information content (AvgIpc) is 2.73. The highest BCUT2D eigenvalue weighted by atomic mass is 16.5. The zero-order chi connectivity index (χ0) is 19.1. The highest BCUT2D eigenvalue weighted by molar-refractivity contribution is 5.89. The Kier molecular flexibility index (Phi) is 6.05. The first kappa shape index (κ1) is 18.9. The molecule has 3 aromatic carbocycles. The van der Waals surface area contributed by atoms with Gasteiger partial charge in [0.05, 0.1) is 18.3 Å². The van der Waals surface area contributed by atoms with Gasteiger partial charge in [0.1, 0.15) is 0 Å². The van der Waals surface area contributed by atoms with E-state index < -0.39 is 5.60 Å². The summed E-state index contributed by atoms with van der Waals surface area (Å²) in [6, 6.07) is 27.2. The van der Waals surface area contributed by atoms with Crippen molar-refractivity contribution < 1.29 is 14.6 Å². The molecule has 27 heavy (non-hydrogen) atoms. The third kappa shape index (κ3) is 4.83.